The molecule has 0 radical (unpaired) electrons. The Balaban J connectivity index is 0. The highest BCUT2D eigenvalue weighted by Gasteiger charge is 1.94. The Labute approximate surface area is 80.2 Å². The van der Waals surface area contributed by atoms with Crippen LogP contribution >= 0.6 is 0 Å². The van der Waals surface area contributed by atoms with Gasteiger partial charge >= 0.3 is 0 Å². The molecule has 0 saturated heterocycles. The molecule has 3 N–H and O–H groups in total. The summed E-state index contributed by atoms with van der Waals surface area (Å²) in [6.45, 7) is 7.44. The van der Waals surface area contributed by atoms with E-state index in [1.807, 2.05) is 27.7 Å². The highest BCUT2D eigenvalue weighted by molar-refractivity contribution is 4.44. The van der Waals surface area contributed by atoms with E-state index in [9.17, 15) is 0 Å². The molecule has 0 fully saturated rings. The lowest BCUT2D eigenvalue weighted by atomic mass is 10.4. The van der Waals surface area contributed by atoms with Crippen molar-refractivity contribution in [3.05, 3.63) is 0 Å². The summed E-state index contributed by atoms with van der Waals surface area (Å²) in [5.74, 6) is 0. The molecule has 0 aliphatic rings. The molecule has 0 spiro atoms. The van der Waals surface area contributed by atoms with Crippen molar-refractivity contribution in [2.45, 2.75) is 46.0 Å². The molecule has 0 heterocycles. The minimum absolute atomic E-state index is 0.365. The second-order valence-electron chi connectivity index (χ2n) is 3.25. The summed E-state index contributed by atoms with van der Waals surface area (Å²) in [4.78, 5) is 0. The second-order valence-corrected chi connectivity index (χ2v) is 3.25. The number of aliphatic hydroxyl groups is 3. The molecule has 0 atom stereocenters. The molecule has 0 aromatic heterocycles. The standard InChI is InChI=1S/C6H14O.C3H8O3/c1-5(2)7-6(3)4;4-1-3(6)2-5/h5-6H,1-4H3;3-6H,1-2H2. The lowest BCUT2D eigenvalue weighted by Crippen LogP contribution is -2.15. The predicted octanol–water partition coefficient (Wildman–Crippen LogP) is 0.152. The van der Waals surface area contributed by atoms with E-state index in [0.717, 1.165) is 0 Å². The van der Waals surface area contributed by atoms with Crippen LogP contribution in [0.4, 0.5) is 0 Å². The summed E-state index contributed by atoms with van der Waals surface area (Å²) >= 11 is 0. The Morgan fingerprint density at radius 2 is 1.23 bits per heavy atom. The maximum atomic E-state index is 8.17. The molecule has 0 aliphatic heterocycles. The van der Waals surface area contributed by atoms with Crippen LogP contribution < -0.4 is 0 Å². The largest absolute Gasteiger partial charge is 0.394 e. The summed E-state index contributed by atoms with van der Waals surface area (Å²) in [5.41, 5.74) is 0. The molecule has 0 aromatic carbocycles. The van der Waals surface area contributed by atoms with Gasteiger partial charge in [0, 0.05) is 0 Å². The zero-order valence-electron chi connectivity index (χ0n) is 8.90. The molecule has 0 amide bonds. The van der Waals surface area contributed by atoms with E-state index in [1.165, 1.54) is 0 Å². The highest BCUT2D eigenvalue weighted by atomic mass is 16.5. The molecule has 13 heavy (non-hydrogen) atoms. The van der Waals surface area contributed by atoms with Crippen molar-refractivity contribution in [2.24, 2.45) is 0 Å². The molecular weight excluding hydrogens is 172 g/mol. The van der Waals surface area contributed by atoms with E-state index >= 15 is 0 Å². The van der Waals surface area contributed by atoms with Crippen LogP contribution in [0.1, 0.15) is 27.7 Å². The van der Waals surface area contributed by atoms with Crippen molar-refractivity contribution in [3.8, 4) is 0 Å². The van der Waals surface area contributed by atoms with Gasteiger partial charge in [0.25, 0.3) is 0 Å². The first-order chi connectivity index (χ1) is 5.93. The van der Waals surface area contributed by atoms with Crippen LogP contribution in [0.25, 0.3) is 0 Å². The van der Waals surface area contributed by atoms with E-state index < -0.39 is 6.10 Å². The van der Waals surface area contributed by atoms with E-state index in [-0.39, 0.29) is 13.2 Å². The molecule has 0 aromatic rings. The average Bonchev–Trinajstić information content (AvgIpc) is 2.01. The van der Waals surface area contributed by atoms with Crippen LogP contribution in [0.3, 0.4) is 0 Å². The minimum atomic E-state index is -0.954. The Morgan fingerprint density at radius 3 is 1.23 bits per heavy atom. The fraction of sp³-hybridized carbons (Fsp3) is 1.00. The summed E-state index contributed by atoms with van der Waals surface area (Å²) in [6.07, 6.45) is -0.204. The minimum Gasteiger partial charge on any atom is -0.394 e. The van der Waals surface area contributed by atoms with Crippen molar-refractivity contribution in [2.75, 3.05) is 13.2 Å². The van der Waals surface area contributed by atoms with Crippen LogP contribution in [0.5, 0.6) is 0 Å². The Hall–Kier alpha value is -0.160. The summed E-state index contributed by atoms with van der Waals surface area (Å²) < 4.78 is 5.25. The Kier molecular flexibility index (Phi) is 11.7. The molecule has 4 nitrogen and oxygen atoms in total. The van der Waals surface area contributed by atoms with Gasteiger partial charge in [-0.15, -0.1) is 0 Å². The zero-order chi connectivity index (χ0) is 10.9. The molecule has 0 aliphatic carbocycles. The summed E-state index contributed by atoms with van der Waals surface area (Å²) in [5, 5.41) is 24.0. The topological polar surface area (TPSA) is 69.9 Å². The normalized spacial score (nSPS) is 10.6. The molecule has 82 valence electrons. The third-order valence-corrected chi connectivity index (χ3v) is 0.966. The number of hydrogen-bond acceptors (Lipinski definition) is 4. The average molecular weight is 194 g/mol. The quantitative estimate of drug-likeness (QED) is 0.596. The van der Waals surface area contributed by atoms with Gasteiger partial charge in [0.05, 0.1) is 25.4 Å². The van der Waals surface area contributed by atoms with Crippen LogP contribution in [0.2, 0.25) is 0 Å². The number of aliphatic hydroxyl groups excluding tert-OH is 3. The van der Waals surface area contributed by atoms with Gasteiger partial charge in [0.15, 0.2) is 0 Å². The third-order valence-electron chi connectivity index (χ3n) is 0.966. The number of ether oxygens (including phenoxy) is 1. The lowest BCUT2D eigenvalue weighted by molar-refractivity contribution is 0.0300. The van der Waals surface area contributed by atoms with E-state index in [0.29, 0.717) is 12.2 Å². The van der Waals surface area contributed by atoms with Gasteiger partial charge in [-0.1, -0.05) is 0 Å². The van der Waals surface area contributed by atoms with Gasteiger partial charge in [-0.25, -0.2) is 0 Å². The third kappa shape index (κ3) is 18.7. The number of rotatable bonds is 4. The molecule has 4 heteroatoms. The first kappa shape index (κ1) is 15.3. The summed E-state index contributed by atoms with van der Waals surface area (Å²) in [6, 6.07) is 0. The predicted molar refractivity (Wildman–Crippen MR) is 51.5 cm³/mol. The molecule has 0 unspecified atom stereocenters. The van der Waals surface area contributed by atoms with Gasteiger partial charge in [-0.3, -0.25) is 0 Å². The van der Waals surface area contributed by atoms with Crippen molar-refractivity contribution in [3.63, 3.8) is 0 Å². The molecule has 0 bridgehead atoms. The maximum absolute atomic E-state index is 8.17. The SMILES string of the molecule is CC(C)OC(C)C.OCC(O)CO. The monoisotopic (exact) mass is 194 g/mol. The maximum Gasteiger partial charge on any atom is 0.100 e. The first-order valence-corrected chi connectivity index (χ1v) is 4.49. The van der Waals surface area contributed by atoms with Crippen LogP contribution in [-0.4, -0.2) is 46.8 Å². The lowest BCUT2D eigenvalue weighted by Gasteiger charge is -2.09. The first-order valence-electron chi connectivity index (χ1n) is 4.49. The van der Waals surface area contributed by atoms with Gasteiger partial charge in [0.2, 0.25) is 0 Å². The van der Waals surface area contributed by atoms with Crippen LogP contribution in [-0.2, 0) is 4.74 Å². The van der Waals surface area contributed by atoms with Crippen molar-refractivity contribution in [1.82, 2.24) is 0 Å². The van der Waals surface area contributed by atoms with Crippen LogP contribution in [0.15, 0.2) is 0 Å². The van der Waals surface area contributed by atoms with Crippen LogP contribution in [0, 0.1) is 0 Å². The van der Waals surface area contributed by atoms with Crippen molar-refractivity contribution in [1.29, 1.82) is 0 Å². The van der Waals surface area contributed by atoms with Gasteiger partial charge in [-0.2, -0.15) is 0 Å². The van der Waals surface area contributed by atoms with Crippen molar-refractivity contribution < 1.29 is 20.1 Å². The second kappa shape index (κ2) is 9.92. The molecular formula is C9H22O4. The Bertz CT molecular complexity index is 83.6. The fourth-order valence-corrected chi connectivity index (χ4v) is 0.602. The zero-order valence-corrected chi connectivity index (χ0v) is 8.90. The van der Waals surface area contributed by atoms with E-state index in [4.69, 9.17) is 20.1 Å². The fourth-order valence-electron chi connectivity index (χ4n) is 0.602. The smallest absolute Gasteiger partial charge is 0.100 e. The molecule has 0 rings (SSSR count). The summed E-state index contributed by atoms with van der Waals surface area (Å²) in [7, 11) is 0. The molecule has 0 saturated carbocycles. The van der Waals surface area contributed by atoms with Crippen molar-refractivity contribution >= 4 is 0 Å². The van der Waals surface area contributed by atoms with Gasteiger partial charge in [-0.05, 0) is 27.7 Å². The number of hydrogen-bond donors (Lipinski definition) is 3. The highest BCUT2D eigenvalue weighted by Crippen LogP contribution is 1.93. The van der Waals surface area contributed by atoms with E-state index in [1.54, 1.807) is 0 Å². The van der Waals surface area contributed by atoms with E-state index in [2.05, 4.69) is 0 Å². The van der Waals surface area contributed by atoms with Gasteiger partial charge < -0.3 is 20.1 Å². The Morgan fingerprint density at radius 1 is 0.923 bits per heavy atom. The van der Waals surface area contributed by atoms with Gasteiger partial charge in [0.1, 0.15) is 6.10 Å².